The van der Waals surface area contributed by atoms with Crippen LogP contribution in [0.4, 0.5) is 24.5 Å². The number of benzene rings is 2. The molecule has 0 unspecified atom stereocenters. The van der Waals surface area contributed by atoms with E-state index in [1.807, 2.05) is 37.3 Å². The van der Waals surface area contributed by atoms with Crippen molar-refractivity contribution in [3.63, 3.8) is 0 Å². The molecule has 0 saturated heterocycles. The van der Waals surface area contributed by atoms with Crippen molar-refractivity contribution in [2.75, 3.05) is 30.4 Å². The molecule has 0 heterocycles. The second-order valence-electron chi connectivity index (χ2n) is 6.28. The number of anilines is 2. The van der Waals surface area contributed by atoms with Crippen LogP contribution in [0.25, 0.3) is 0 Å². The third-order valence-corrected chi connectivity index (χ3v) is 4.37. The minimum Gasteiger partial charge on any atom is -0.322 e. The predicted octanol–water partition coefficient (Wildman–Crippen LogP) is 3.42. The third kappa shape index (κ3) is 4.89. The molecule has 1 N–H and O–H groups in total. The zero-order valence-electron chi connectivity index (χ0n) is 15.9. The highest BCUT2D eigenvalue weighted by atomic mass is 19.2. The quantitative estimate of drug-likeness (QED) is 0.734. The molecule has 28 heavy (non-hydrogen) atoms. The van der Waals surface area contributed by atoms with Crippen LogP contribution in [-0.2, 0) is 9.59 Å². The van der Waals surface area contributed by atoms with Gasteiger partial charge in [0.05, 0.1) is 18.3 Å². The van der Waals surface area contributed by atoms with Gasteiger partial charge in [0.25, 0.3) is 0 Å². The van der Waals surface area contributed by atoms with Gasteiger partial charge in [-0.3, -0.25) is 14.5 Å². The Morgan fingerprint density at radius 3 is 2.29 bits per heavy atom. The van der Waals surface area contributed by atoms with Crippen LogP contribution in [0.15, 0.2) is 42.5 Å². The molecule has 150 valence electrons. The lowest BCUT2D eigenvalue weighted by Crippen LogP contribution is -2.48. The van der Waals surface area contributed by atoms with Gasteiger partial charge in [-0.2, -0.15) is 0 Å². The van der Waals surface area contributed by atoms with Crippen LogP contribution < -0.4 is 10.2 Å². The maximum Gasteiger partial charge on any atom is 0.244 e. The van der Waals surface area contributed by atoms with E-state index in [0.29, 0.717) is 6.54 Å². The molecule has 0 aliphatic rings. The first-order chi connectivity index (χ1) is 13.3. The van der Waals surface area contributed by atoms with Crippen molar-refractivity contribution in [1.29, 1.82) is 0 Å². The van der Waals surface area contributed by atoms with Gasteiger partial charge in [0.15, 0.2) is 17.5 Å². The van der Waals surface area contributed by atoms with Crippen molar-refractivity contribution in [3.8, 4) is 0 Å². The highest BCUT2D eigenvalue weighted by molar-refractivity contribution is 5.98. The first-order valence-electron chi connectivity index (χ1n) is 8.76. The van der Waals surface area contributed by atoms with Crippen LogP contribution in [0.1, 0.15) is 13.8 Å². The van der Waals surface area contributed by atoms with E-state index >= 15 is 0 Å². The van der Waals surface area contributed by atoms with E-state index in [0.717, 1.165) is 17.8 Å². The molecule has 0 bridgehead atoms. The number of halogens is 3. The van der Waals surface area contributed by atoms with Gasteiger partial charge in [0, 0.05) is 12.2 Å². The van der Waals surface area contributed by atoms with Crippen LogP contribution in [0.2, 0.25) is 0 Å². The number of amides is 2. The van der Waals surface area contributed by atoms with Gasteiger partial charge in [0.1, 0.15) is 0 Å². The summed E-state index contributed by atoms with van der Waals surface area (Å²) in [6, 6.07) is 10.1. The number of likely N-dealkylation sites (N-methyl/N-ethyl adjacent to an activating group) is 2. The maximum atomic E-state index is 13.7. The highest BCUT2D eigenvalue weighted by Gasteiger charge is 2.25. The molecule has 2 aromatic rings. The summed E-state index contributed by atoms with van der Waals surface area (Å²) < 4.78 is 39.9. The molecule has 0 aliphatic carbocycles. The van der Waals surface area contributed by atoms with Gasteiger partial charge in [-0.05, 0) is 45.2 Å². The van der Waals surface area contributed by atoms with Crippen molar-refractivity contribution in [2.24, 2.45) is 0 Å². The van der Waals surface area contributed by atoms with Crippen molar-refractivity contribution >= 4 is 23.2 Å². The first kappa shape index (κ1) is 21.4. The van der Waals surface area contributed by atoms with Crippen molar-refractivity contribution in [2.45, 2.75) is 19.9 Å². The fraction of sp³-hybridized carbons (Fsp3) is 0.300. The molecule has 5 nitrogen and oxygen atoms in total. The van der Waals surface area contributed by atoms with E-state index in [9.17, 15) is 22.8 Å². The Morgan fingerprint density at radius 1 is 1.04 bits per heavy atom. The molecule has 8 heteroatoms. The SMILES string of the molecule is CCN(C(=O)[C@@H](C)N(C)CC(=O)Nc1ccc(F)c(F)c1F)c1ccccc1. The lowest BCUT2D eigenvalue weighted by molar-refractivity contribution is -0.124. The summed E-state index contributed by atoms with van der Waals surface area (Å²) in [5, 5.41) is 2.19. The summed E-state index contributed by atoms with van der Waals surface area (Å²) in [4.78, 5) is 28.0. The van der Waals surface area contributed by atoms with E-state index < -0.39 is 35.1 Å². The molecule has 2 aromatic carbocycles. The average Bonchev–Trinajstić information content (AvgIpc) is 2.69. The summed E-state index contributed by atoms with van der Waals surface area (Å²) in [5.74, 6) is -5.33. The van der Waals surface area contributed by atoms with Gasteiger partial charge in [-0.15, -0.1) is 0 Å². The zero-order chi connectivity index (χ0) is 20.8. The molecule has 1 atom stereocenters. The van der Waals surface area contributed by atoms with Gasteiger partial charge < -0.3 is 10.2 Å². The van der Waals surface area contributed by atoms with Crippen LogP contribution in [-0.4, -0.2) is 42.9 Å². The normalized spacial score (nSPS) is 12.0. The molecule has 2 amide bonds. The third-order valence-electron chi connectivity index (χ3n) is 4.37. The molecule has 0 aromatic heterocycles. The number of nitrogens with one attached hydrogen (secondary N) is 1. The summed E-state index contributed by atoms with van der Waals surface area (Å²) in [6.07, 6.45) is 0. The summed E-state index contributed by atoms with van der Waals surface area (Å²) in [5.41, 5.74) is 0.277. The monoisotopic (exact) mass is 393 g/mol. The molecule has 0 fully saturated rings. The van der Waals surface area contributed by atoms with Crippen LogP contribution in [0, 0.1) is 17.5 Å². The minimum atomic E-state index is -1.66. The molecule has 2 rings (SSSR count). The Balaban J connectivity index is 2.03. The number of rotatable bonds is 7. The van der Waals surface area contributed by atoms with Crippen LogP contribution >= 0.6 is 0 Å². The molecule has 0 spiro atoms. The van der Waals surface area contributed by atoms with E-state index in [1.54, 1.807) is 18.9 Å². The molecular formula is C20H22F3N3O2. The fourth-order valence-corrected chi connectivity index (χ4v) is 2.66. The molecule has 0 radical (unpaired) electrons. The summed E-state index contributed by atoms with van der Waals surface area (Å²) in [6.45, 7) is 3.71. The standard InChI is InChI=1S/C20H22F3N3O2/c1-4-26(14-8-6-5-7-9-14)20(28)13(2)25(3)12-17(27)24-16-11-10-15(21)18(22)19(16)23/h5-11,13H,4,12H2,1-3H3,(H,24,27)/t13-/m1/s1. The fourth-order valence-electron chi connectivity index (χ4n) is 2.66. The Hall–Kier alpha value is -2.87. The van der Waals surface area contributed by atoms with Gasteiger partial charge in [-0.25, -0.2) is 13.2 Å². The highest BCUT2D eigenvalue weighted by Crippen LogP contribution is 2.20. The zero-order valence-corrected chi connectivity index (χ0v) is 15.9. The lowest BCUT2D eigenvalue weighted by Gasteiger charge is -2.29. The number of carbonyl (C=O) groups is 2. The second-order valence-corrected chi connectivity index (χ2v) is 6.28. The molecular weight excluding hydrogens is 371 g/mol. The summed E-state index contributed by atoms with van der Waals surface area (Å²) in [7, 11) is 1.57. The van der Waals surface area contributed by atoms with Crippen molar-refractivity contribution in [1.82, 2.24) is 4.90 Å². The second kappa shape index (κ2) is 9.36. The van der Waals surface area contributed by atoms with E-state index in [2.05, 4.69) is 5.32 Å². The van der Waals surface area contributed by atoms with Crippen LogP contribution in [0.5, 0.6) is 0 Å². The Kier molecular flexibility index (Phi) is 7.17. The van der Waals surface area contributed by atoms with E-state index in [1.165, 1.54) is 4.90 Å². The van der Waals surface area contributed by atoms with Crippen molar-refractivity contribution in [3.05, 3.63) is 59.9 Å². The Morgan fingerprint density at radius 2 is 1.68 bits per heavy atom. The van der Waals surface area contributed by atoms with Crippen LogP contribution in [0.3, 0.4) is 0 Å². The van der Waals surface area contributed by atoms with Crippen molar-refractivity contribution < 1.29 is 22.8 Å². The first-order valence-corrected chi connectivity index (χ1v) is 8.76. The molecule has 0 saturated carbocycles. The van der Waals surface area contributed by atoms with E-state index in [-0.39, 0.29) is 12.5 Å². The summed E-state index contributed by atoms with van der Waals surface area (Å²) >= 11 is 0. The largest absolute Gasteiger partial charge is 0.322 e. The number of nitrogens with zero attached hydrogens (tertiary/aromatic N) is 2. The molecule has 0 aliphatic heterocycles. The lowest BCUT2D eigenvalue weighted by atomic mass is 10.2. The predicted molar refractivity (Wildman–Crippen MR) is 102 cm³/mol. The Bertz CT molecular complexity index is 846. The topological polar surface area (TPSA) is 52.7 Å². The van der Waals surface area contributed by atoms with Gasteiger partial charge in [0.2, 0.25) is 11.8 Å². The van der Waals surface area contributed by atoms with E-state index in [4.69, 9.17) is 0 Å². The van der Waals surface area contributed by atoms with Gasteiger partial charge >= 0.3 is 0 Å². The number of hydrogen-bond acceptors (Lipinski definition) is 3. The number of para-hydroxylation sites is 1. The average molecular weight is 393 g/mol. The number of hydrogen-bond donors (Lipinski definition) is 1. The Labute approximate surface area is 161 Å². The maximum absolute atomic E-state index is 13.7. The van der Waals surface area contributed by atoms with Gasteiger partial charge in [-0.1, -0.05) is 18.2 Å². The minimum absolute atomic E-state index is 0.206. The smallest absolute Gasteiger partial charge is 0.244 e. The number of carbonyl (C=O) groups excluding carboxylic acids is 2.